The average molecular weight is 253 g/mol. The summed E-state index contributed by atoms with van der Waals surface area (Å²) in [7, 11) is -1.73. The van der Waals surface area contributed by atoms with Crippen LogP contribution >= 0.6 is 11.6 Å². The van der Waals surface area contributed by atoms with Crippen molar-refractivity contribution >= 4 is 21.1 Å². The van der Waals surface area contributed by atoms with Gasteiger partial charge >= 0.3 is 9.53 Å². The van der Waals surface area contributed by atoms with Crippen molar-refractivity contribution in [2.24, 2.45) is 0 Å². The van der Waals surface area contributed by atoms with Crippen LogP contribution in [0.4, 0.5) is 0 Å². The molecule has 90 valence electrons. The number of allylic oxidation sites excluding steroid dienone is 2. The third-order valence-corrected chi connectivity index (χ3v) is 3.08. The summed E-state index contributed by atoms with van der Waals surface area (Å²) < 4.78 is 15.7. The van der Waals surface area contributed by atoms with Gasteiger partial charge in [0.1, 0.15) is 0 Å². The predicted molar refractivity (Wildman–Crippen MR) is 67.2 cm³/mol. The third kappa shape index (κ3) is 16.5. The first-order valence-corrected chi connectivity index (χ1v) is 6.84. The molecule has 0 saturated carbocycles. The van der Waals surface area contributed by atoms with Gasteiger partial charge < -0.3 is 13.3 Å². The molecule has 0 aromatic rings. The molecule has 0 heterocycles. The summed E-state index contributed by atoms with van der Waals surface area (Å²) >= 11 is 5.05. The van der Waals surface area contributed by atoms with Crippen LogP contribution in [0.25, 0.3) is 0 Å². The van der Waals surface area contributed by atoms with Crippen LogP contribution in [0.5, 0.6) is 0 Å². The van der Waals surface area contributed by atoms with Crippen molar-refractivity contribution in [3.05, 3.63) is 24.3 Å². The van der Waals surface area contributed by atoms with Gasteiger partial charge in [0, 0.05) is 25.4 Å². The fraction of sp³-hybridized carbons (Fsp3) is 0.600. The van der Waals surface area contributed by atoms with Crippen LogP contribution in [0.2, 0.25) is 0 Å². The molecule has 0 saturated heterocycles. The van der Waals surface area contributed by atoms with Gasteiger partial charge in [-0.25, -0.2) is 0 Å². The Labute approximate surface area is 99.6 Å². The Bertz CT molecular complexity index is 139. The molecule has 0 radical (unpaired) electrons. The number of hydrogen-bond donors (Lipinski definition) is 0. The summed E-state index contributed by atoms with van der Waals surface area (Å²) in [5.74, 6) is 0. The van der Waals surface area contributed by atoms with Gasteiger partial charge in [-0.15, -0.1) is 0 Å². The minimum Gasteiger partial charge on any atom is -0.376 e. The molecule has 0 aliphatic rings. The molecule has 0 aliphatic carbocycles. The number of hydrogen-bond acceptors (Lipinski definition) is 3. The highest BCUT2D eigenvalue weighted by atomic mass is 35.5. The Kier molecular flexibility index (Phi) is 18.8. The van der Waals surface area contributed by atoms with Crippen LogP contribution in [0.1, 0.15) is 20.8 Å². The van der Waals surface area contributed by atoms with Crippen LogP contribution in [-0.4, -0.2) is 29.3 Å². The third-order valence-electron chi connectivity index (χ3n) is 1.12. The second-order valence-corrected chi connectivity index (χ2v) is 4.04. The first-order valence-electron chi connectivity index (χ1n) is 4.99. The van der Waals surface area contributed by atoms with E-state index in [1.807, 2.05) is 20.8 Å². The van der Waals surface area contributed by atoms with Crippen molar-refractivity contribution in [1.82, 2.24) is 0 Å². The lowest BCUT2D eigenvalue weighted by Gasteiger charge is -2.12. The molecular formula is C10H21ClO3Si. The summed E-state index contributed by atoms with van der Waals surface area (Å²) in [5.41, 5.74) is 1.41. The molecule has 0 N–H and O–H groups in total. The topological polar surface area (TPSA) is 27.7 Å². The van der Waals surface area contributed by atoms with Crippen LogP contribution in [0.15, 0.2) is 24.3 Å². The van der Waals surface area contributed by atoms with E-state index in [-0.39, 0.29) is 0 Å². The highest BCUT2D eigenvalue weighted by molar-refractivity contribution is 6.36. The van der Waals surface area contributed by atoms with Gasteiger partial charge in [0.25, 0.3) is 0 Å². The molecule has 0 atom stereocenters. The highest BCUT2D eigenvalue weighted by Crippen LogP contribution is 1.91. The lowest BCUT2D eigenvalue weighted by molar-refractivity contribution is 0.107. The Balaban J connectivity index is 0. The lowest BCUT2D eigenvalue weighted by Crippen LogP contribution is -2.27. The smallest absolute Gasteiger partial charge is 0.376 e. The molecule has 0 bridgehead atoms. The fourth-order valence-electron chi connectivity index (χ4n) is 0.604. The Morgan fingerprint density at radius 3 is 1.60 bits per heavy atom. The normalized spacial score (nSPS) is 10.2. The van der Waals surface area contributed by atoms with Crippen LogP contribution in [0.3, 0.4) is 0 Å². The Morgan fingerprint density at radius 2 is 1.47 bits per heavy atom. The van der Waals surface area contributed by atoms with E-state index in [4.69, 9.17) is 24.9 Å². The number of rotatable bonds is 7. The van der Waals surface area contributed by atoms with Crippen molar-refractivity contribution in [3.8, 4) is 0 Å². The molecule has 5 heteroatoms. The Morgan fingerprint density at radius 1 is 1.07 bits per heavy atom. The van der Waals surface area contributed by atoms with Crippen molar-refractivity contribution in [2.45, 2.75) is 20.8 Å². The first kappa shape index (κ1) is 17.3. The molecular weight excluding hydrogens is 232 g/mol. The summed E-state index contributed by atoms with van der Waals surface area (Å²) in [6.07, 6.45) is 3.27. The van der Waals surface area contributed by atoms with E-state index in [1.54, 1.807) is 12.2 Å². The standard InChI is InChI=1S/C6H16O3Si.C4H5Cl/c1-4-7-10(8-5-2)9-6-3;1-2-3-4-5/h10H,4-6H2,1-3H3;2-4H,1H2. The zero-order valence-corrected chi connectivity index (χ0v) is 11.7. The van der Waals surface area contributed by atoms with E-state index in [0.29, 0.717) is 19.8 Å². The summed E-state index contributed by atoms with van der Waals surface area (Å²) in [5, 5.41) is 0. The maximum absolute atomic E-state index is 5.22. The maximum Gasteiger partial charge on any atom is 0.484 e. The van der Waals surface area contributed by atoms with Crippen molar-refractivity contribution in [3.63, 3.8) is 0 Å². The predicted octanol–water partition coefficient (Wildman–Crippen LogP) is 2.74. The first-order chi connectivity index (χ1) is 7.26. The second kappa shape index (κ2) is 16.3. The minimum atomic E-state index is -1.73. The average Bonchev–Trinajstić information content (AvgIpc) is 2.21. The minimum absolute atomic E-state index is 0.677. The van der Waals surface area contributed by atoms with E-state index >= 15 is 0 Å². The number of halogens is 1. The zero-order valence-electron chi connectivity index (χ0n) is 9.74. The van der Waals surface area contributed by atoms with Gasteiger partial charge in [0.15, 0.2) is 0 Å². The molecule has 0 unspecified atom stereocenters. The monoisotopic (exact) mass is 252 g/mol. The maximum atomic E-state index is 5.22. The van der Waals surface area contributed by atoms with E-state index in [1.165, 1.54) is 5.54 Å². The second-order valence-electron chi connectivity index (χ2n) is 2.21. The molecule has 0 amide bonds. The molecule has 0 spiro atoms. The van der Waals surface area contributed by atoms with E-state index in [0.717, 1.165) is 0 Å². The van der Waals surface area contributed by atoms with Crippen LogP contribution in [0, 0.1) is 0 Å². The Hall–Kier alpha value is -0.133. The zero-order chi connectivity index (χ0) is 11.9. The van der Waals surface area contributed by atoms with Gasteiger partial charge in [0.05, 0.1) is 0 Å². The van der Waals surface area contributed by atoms with Gasteiger partial charge in [-0.05, 0) is 20.8 Å². The van der Waals surface area contributed by atoms with Crippen molar-refractivity contribution in [2.75, 3.05) is 19.8 Å². The van der Waals surface area contributed by atoms with Crippen LogP contribution < -0.4 is 0 Å². The molecule has 0 aromatic carbocycles. The van der Waals surface area contributed by atoms with E-state index in [9.17, 15) is 0 Å². The molecule has 0 fully saturated rings. The molecule has 3 nitrogen and oxygen atoms in total. The van der Waals surface area contributed by atoms with Crippen molar-refractivity contribution in [1.29, 1.82) is 0 Å². The molecule has 0 aromatic heterocycles. The van der Waals surface area contributed by atoms with Gasteiger partial charge in [-0.2, -0.15) is 0 Å². The lowest BCUT2D eigenvalue weighted by atomic mass is 10.6. The quantitative estimate of drug-likeness (QED) is 0.515. The van der Waals surface area contributed by atoms with E-state index in [2.05, 4.69) is 6.58 Å². The van der Waals surface area contributed by atoms with Gasteiger partial charge in [-0.3, -0.25) is 0 Å². The summed E-state index contributed by atoms with van der Waals surface area (Å²) in [6, 6.07) is 0. The van der Waals surface area contributed by atoms with Gasteiger partial charge in [-0.1, -0.05) is 30.3 Å². The highest BCUT2D eigenvalue weighted by Gasteiger charge is 2.11. The van der Waals surface area contributed by atoms with Crippen LogP contribution in [-0.2, 0) is 13.3 Å². The van der Waals surface area contributed by atoms with Gasteiger partial charge in [0.2, 0.25) is 0 Å². The molecule has 15 heavy (non-hydrogen) atoms. The SMILES string of the molecule is C=CC=CCl.CCO[SiH](OCC)OCC. The summed E-state index contributed by atoms with van der Waals surface area (Å²) in [6.45, 7) is 11.2. The van der Waals surface area contributed by atoms with E-state index < -0.39 is 9.53 Å². The summed E-state index contributed by atoms with van der Waals surface area (Å²) in [4.78, 5) is 0. The van der Waals surface area contributed by atoms with Crippen molar-refractivity contribution < 1.29 is 13.3 Å². The molecule has 0 aliphatic heterocycles. The largest absolute Gasteiger partial charge is 0.484 e. The fourth-order valence-corrected chi connectivity index (χ4v) is 1.81. The molecule has 0 rings (SSSR count).